The molecule has 0 heterocycles. The third kappa shape index (κ3) is 10.5. The van der Waals surface area contributed by atoms with E-state index < -0.39 is 35.7 Å². The fourth-order valence-corrected chi connectivity index (χ4v) is 4.39. The summed E-state index contributed by atoms with van der Waals surface area (Å²) in [4.78, 5) is 38.7. The van der Waals surface area contributed by atoms with Gasteiger partial charge in [0, 0.05) is 18.9 Å². The minimum absolute atomic E-state index is 0. The second-order valence-electron chi connectivity index (χ2n) is 9.51. The number of hydrogen-bond acceptors (Lipinski definition) is 6. The van der Waals surface area contributed by atoms with Gasteiger partial charge in [-0.15, -0.1) is 12.4 Å². The zero-order valence-corrected chi connectivity index (χ0v) is 22.6. The van der Waals surface area contributed by atoms with Crippen LogP contribution >= 0.6 is 12.4 Å². The second kappa shape index (κ2) is 16.7. The molecule has 0 saturated heterocycles. The van der Waals surface area contributed by atoms with Crippen LogP contribution in [-0.4, -0.2) is 36.1 Å². The number of rotatable bonds is 14. The van der Waals surface area contributed by atoms with Gasteiger partial charge in [0.2, 0.25) is 11.8 Å². The first kappa shape index (κ1) is 32.1. The molecule has 0 fully saturated rings. The number of nitrogens with two attached hydrogens (primary N) is 1. The molecule has 0 aliphatic carbocycles. The minimum atomic E-state index is -0.914. The van der Waals surface area contributed by atoms with Gasteiger partial charge in [-0.05, 0) is 48.3 Å². The van der Waals surface area contributed by atoms with Crippen LogP contribution in [0.2, 0.25) is 0 Å². The van der Waals surface area contributed by atoms with E-state index in [1.807, 2.05) is 68.4 Å². The first-order valence-electron chi connectivity index (χ1n) is 12.4. The summed E-state index contributed by atoms with van der Waals surface area (Å²) in [6.45, 7) is 4.34. The number of aryl methyl sites for hydroxylation is 1. The number of esters is 1. The van der Waals surface area contributed by atoms with Crippen LogP contribution in [0.15, 0.2) is 54.6 Å². The molecule has 0 spiro atoms. The van der Waals surface area contributed by atoms with Gasteiger partial charge in [0.15, 0.2) is 0 Å². The van der Waals surface area contributed by atoms with Crippen LogP contribution in [-0.2, 0) is 38.5 Å². The van der Waals surface area contributed by atoms with E-state index in [1.165, 1.54) is 7.11 Å². The maximum absolute atomic E-state index is 13.5. The van der Waals surface area contributed by atoms with E-state index in [1.54, 1.807) is 5.48 Å². The van der Waals surface area contributed by atoms with Crippen LogP contribution in [0.3, 0.4) is 0 Å². The van der Waals surface area contributed by atoms with E-state index in [0.717, 1.165) is 23.1 Å². The number of hydroxylamine groups is 1. The molecule has 0 aliphatic heterocycles. The fraction of sp³-hybridized carbons (Fsp3) is 0.464. The largest absolute Gasteiger partial charge is 0.467 e. The van der Waals surface area contributed by atoms with Crippen molar-refractivity contribution >= 4 is 30.2 Å². The third-order valence-electron chi connectivity index (χ3n) is 6.32. The van der Waals surface area contributed by atoms with Crippen LogP contribution < -0.4 is 16.5 Å². The van der Waals surface area contributed by atoms with Gasteiger partial charge in [0.1, 0.15) is 6.04 Å². The van der Waals surface area contributed by atoms with Crippen molar-refractivity contribution < 1.29 is 24.3 Å². The Morgan fingerprint density at radius 1 is 0.919 bits per heavy atom. The van der Waals surface area contributed by atoms with E-state index in [4.69, 9.17) is 10.5 Å². The molecule has 0 bridgehead atoms. The Kier molecular flexibility index (Phi) is 14.5. The number of carbonyl (C=O) groups excluding carboxylic acids is 3. The van der Waals surface area contributed by atoms with Crippen LogP contribution in [0, 0.1) is 17.8 Å². The zero-order chi connectivity index (χ0) is 26.5. The Labute approximate surface area is 225 Å². The average molecular weight is 534 g/mol. The molecular weight excluding hydrogens is 494 g/mol. The predicted octanol–water partition coefficient (Wildman–Crippen LogP) is 3.57. The molecule has 2 aromatic rings. The number of benzene rings is 2. The van der Waals surface area contributed by atoms with Crippen molar-refractivity contribution in [3.05, 3.63) is 71.3 Å². The van der Waals surface area contributed by atoms with Crippen molar-refractivity contribution in [2.75, 3.05) is 7.11 Å². The lowest BCUT2D eigenvalue weighted by Gasteiger charge is -2.28. The predicted molar refractivity (Wildman–Crippen MR) is 145 cm³/mol. The number of ether oxygens (including phenoxy) is 1. The van der Waals surface area contributed by atoms with E-state index in [0.29, 0.717) is 25.8 Å². The third-order valence-corrected chi connectivity index (χ3v) is 6.32. The van der Waals surface area contributed by atoms with Crippen LogP contribution in [0.1, 0.15) is 49.8 Å². The van der Waals surface area contributed by atoms with Gasteiger partial charge in [-0.25, -0.2) is 10.3 Å². The zero-order valence-electron chi connectivity index (χ0n) is 21.8. The average Bonchev–Trinajstić information content (AvgIpc) is 2.89. The summed E-state index contributed by atoms with van der Waals surface area (Å²) < 4.78 is 4.94. The molecule has 0 radical (unpaired) electrons. The Balaban J connectivity index is 0.00000684. The summed E-state index contributed by atoms with van der Waals surface area (Å²) in [5.41, 5.74) is 10.3. The summed E-state index contributed by atoms with van der Waals surface area (Å²) in [6.07, 6.45) is 2.49. The Bertz CT molecular complexity index is 970. The molecule has 204 valence electrons. The number of carbonyl (C=O) groups is 3. The Hall–Kier alpha value is -2.94. The van der Waals surface area contributed by atoms with Crippen molar-refractivity contribution in [1.29, 1.82) is 0 Å². The highest BCUT2D eigenvalue weighted by molar-refractivity contribution is 5.90. The van der Waals surface area contributed by atoms with Gasteiger partial charge < -0.3 is 15.8 Å². The van der Waals surface area contributed by atoms with Gasteiger partial charge in [-0.2, -0.15) is 0 Å². The SMILES string of the molecule is COC(=O)[C@H](Cc1ccc(CN)cc1)NC(=O)[C@H](CC(C)C)[C@H](CCCc1ccccc1)C(=O)NO.Cl. The number of hydrogen-bond donors (Lipinski definition) is 4. The molecule has 5 N–H and O–H groups in total. The lowest BCUT2D eigenvalue weighted by molar-refractivity contribution is -0.147. The fourth-order valence-electron chi connectivity index (χ4n) is 4.39. The van der Waals surface area contributed by atoms with E-state index in [-0.39, 0.29) is 24.7 Å². The molecule has 0 saturated carbocycles. The second-order valence-corrected chi connectivity index (χ2v) is 9.51. The van der Waals surface area contributed by atoms with Crippen molar-refractivity contribution in [2.24, 2.45) is 23.5 Å². The minimum Gasteiger partial charge on any atom is -0.467 e. The van der Waals surface area contributed by atoms with Crippen molar-refractivity contribution in [1.82, 2.24) is 10.8 Å². The number of amides is 2. The molecule has 2 amide bonds. The highest BCUT2D eigenvalue weighted by Crippen LogP contribution is 2.27. The van der Waals surface area contributed by atoms with Crippen LogP contribution in [0.4, 0.5) is 0 Å². The van der Waals surface area contributed by atoms with Gasteiger partial charge in [-0.1, -0.05) is 68.4 Å². The Morgan fingerprint density at radius 3 is 2.08 bits per heavy atom. The molecule has 37 heavy (non-hydrogen) atoms. The first-order chi connectivity index (χ1) is 17.3. The number of nitrogens with one attached hydrogen (secondary N) is 2. The molecule has 0 unspecified atom stereocenters. The van der Waals surface area contributed by atoms with Gasteiger partial charge in [0.05, 0.1) is 13.0 Å². The normalized spacial score (nSPS) is 13.1. The van der Waals surface area contributed by atoms with Crippen LogP contribution in [0.25, 0.3) is 0 Å². The molecule has 0 aliphatic rings. The maximum atomic E-state index is 13.5. The number of methoxy groups -OCH3 is 1. The monoisotopic (exact) mass is 533 g/mol. The van der Waals surface area contributed by atoms with Gasteiger partial charge in [0.25, 0.3) is 0 Å². The first-order valence-corrected chi connectivity index (χ1v) is 12.4. The van der Waals surface area contributed by atoms with Gasteiger partial charge in [-0.3, -0.25) is 14.8 Å². The quantitative estimate of drug-likeness (QED) is 0.167. The topological polar surface area (TPSA) is 131 Å². The van der Waals surface area contributed by atoms with Crippen molar-refractivity contribution in [3.63, 3.8) is 0 Å². The van der Waals surface area contributed by atoms with E-state index in [9.17, 15) is 19.6 Å². The molecule has 3 atom stereocenters. The van der Waals surface area contributed by atoms with E-state index >= 15 is 0 Å². The molecule has 9 heteroatoms. The lowest BCUT2D eigenvalue weighted by atomic mass is 9.80. The highest BCUT2D eigenvalue weighted by atomic mass is 35.5. The van der Waals surface area contributed by atoms with Crippen molar-refractivity contribution in [2.45, 2.75) is 58.5 Å². The van der Waals surface area contributed by atoms with E-state index in [2.05, 4.69) is 5.32 Å². The Morgan fingerprint density at radius 2 is 1.54 bits per heavy atom. The smallest absolute Gasteiger partial charge is 0.328 e. The highest BCUT2D eigenvalue weighted by Gasteiger charge is 2.36. The standard InChI is InChI=1S/C28H39N3O5.ClH/c1-19(2)16-24(23(27(33)31-35)11-7-10-20-8-5-4-6-9-20)26(32)30-25(28(34)36-3)17-21-12-14-22(18-29)15-13-21;/h4-6,8-9,12-15,19,23-25,35H,7,10-11,16-18,29H2,1-3H3,(H,30,32)(H,31,33);1H/t23-,24+,25-;/m0./s1. The lowest BCUT2D eigenvalue weighted by Crippen LogP contribution is -2.49. The molecule has 0 aromatic heterocycles. The van der Waals surface area contributed by atoms with Crippen molar-refractivity contribution in [3.8, 4) is 0 Å². The maximum Gasteiger partial charge on any atom is 0.328 e. The summed E-state index contributed by atoms with van der Waals surface area (Å²) in [7, 11) is 1.27. The summed E-state index contributed by atoms with van der Waals surface area (Å²) in [5.74, 6) is -2.93. The van der Waals surface area contributed by atoms with Gasteiger partial charge >= 0.3 is 5.97 Å². The summed E-state index contributed by atoms with van der Waals surface area (Å²) in [5, 5.41) is 12.2. The van der Waals surface area contributed by atoms with Crippen LogP contribution in [0.5, 0.6) is 0 Å². The molecule has 2 rings (SSSR count). The molecule has 8 nitrogen and oxygen atoms in total. The summed E-state index contributed by atoms with van der Waals surface area (Å²) >= 11 is 0. The number of halogens is 1. The molecular formula is C28H40ClN3O5. The molecule has 2 aromatic carbocycles. The summed E-state index contributed by atoms with van der Waals surface area (Å²) in [6, 6.07) is 16.5.